The first-order valence-electron chi connectivity index (χ1n) is 10.2. The van der Waals surface area contributed by atoms with E-state index in [1.54, 1.807) is 11.3 Å². The second-order valence-electron chi connectivity index (χ2n) is 7.23. The molecule has 0 unspecified atom stereocenters. The third-order valence-electron chi connectivity index (χ3n) is 4.67. The quantitative estimate of drug-likeness (QED) is 0.363. The molecule has 0 bridgehead atoms. The molecule has 6 heteroatoms. The molecule has 0 spiro atoms. The first-order chi connectivity index (χ1) is 14.9. The van der Waals surface area contributed by atoms with Gasteiger partial charge in [-0.2, -0.15) is 5.10 Å². The maximum Gasteiger partial charge on any atom is 0.360 e. The highest BCUT2D eigenvalue weighted by Gasteiger charge is 2.34. The van der Waals surface area contributed by atoms with Crippen molar-refractivity contribution in [1.29, 1.82) is 0 Å². The first kappa shape index (κ1) is 23.8. The van der Waals surface area contributed by atoms with Crippen molar-refractivity contribution in [3.05, 3.63) is 65.2 Å². The second kappa shape index (κ2) is 11.7. The fourth-order valence-electron chi connectivity index (χ4n) is 2.67. The maximum absolute atomic E-state index is 12.6. The zero-order valence-electron chi connectivity index (χ0n) is 18.8. The molecule has 0 atom stereocenters. The number of carbonyl (C=O) groups is 1. The molecule has 0 N–H and O–H groups in total. The van der Waals surface area contributed by atoms with Gasteiger partial charge in [-0.1, -0.05) is 51.1 Å². The number of hydrogen-bond donors (Lipinski definition) is 0. The minimum Gasteiger partial charge on any atom is -0.483 e. The number of esters is 1. The van der Waals surface area contributed by atoms with Crippen LogP contribution in [0.2, 0.25) is 0 Å². The van der Waals surface area contributed by atoms with Crippen LogP contribution in [0.1, 0.15) is 51.0 Å². The lowest BCUT2D eigenvalue weighted by molar-refractivity contribution is -0.138. The van der Waals surface area contributed by atoms with Crippen LogP contribution in [0.5, 0.6) is 0 Å². The largest absolute Gasteiger partial charge is 0.483 e. The number of rotatable bonds is 6. The molecule has 1 aromatic carbocycles. The molecule has 0 amide bonds. The fraction of sp³-hybridized carbons (Fsp3) is 0.360. The molecule has 2 aromatic rings. The molecule has 0 saturated heterocycles. The molecule has 1 aliphatic heterocycles. The van der Waals surface area contributed by atoms with E-state index < -0.39 is 5.97 Å². The summed E-state index contributed by atoms with van der Waals surface area (Å²) < 4.78 is 16.7. The molecule has 0 saturated carbocycles. The van der Waals surface area contributed by atoms with Gasteiger partial charge >= 0.3 is 5.97 Å². The Morgan fingerprint density at radius 3 is 2.55 bits per heavy atom. The minimum atomic E-state index is -0.514. The van der Waals surface area contributed by atoms with E-state index in [-0.39, 0.29) is 11.6 Å². The van der Waals surface area contributed by atoms with Gasteiger partial charge in [0.15, 0.2) is 17.2 Å². The summed E-state index contributed by atoms with van der Waals surface area (Å²) >= 11 is 0. The number of methoxy groups -OCH3 is 1. The number of benzene rings is 1. The normalized spacial score (nSPS) is 13.2. The van der Waals surface area contributed by atoms with Gasteiger partial charge in [0.05, 0.1) is 19.9 Å². The van der Waals surface area contributed by atoms with Crippen molar-refractivity contribution >= 4 is 17.4 Å². The maximum atomic E-state index is 12.6. The summed E-state index contributed by atoms with van der Waals surface area (Å²) in [7, 11) is 1.35. The topological polar surface area (TPSA) is 64.3 Å². The zero-order chi connectivity index (χ0) is 22.8. The van der Waals surface area contributed by atoms with Gasteiger partial charge < -0.3 is 13.9 Å². The molecule has 164 valence electrons. The van der Waals surface area contributed by atoms with E-state index in [0.717, 1.165) is 23.3 Å². The Bertz CT molecular complexity index is 965. The molecule has 0 fully saturated rings. The van der Waals surface area contributed by atoms with Crippen molar-refractivity contribution in [2.45, 2.75) is 47.3 Å². The predicted molar refractivity (Wildman–Crippen MR) is 121 cm³/mol. The second-order valence-corrected chi connectivity index (χ2v) is 7.23. The number of fused-ring (bicyclic) bond motifs is 1. The molecule has 1 aliphatic rings. The molecular formula is C25H30N2O4. The summed E-state index contributed by atoms with van der Waals surface area (Å²) in [6.45, 7) is 8.71. The number of carbonyl (C=O) groups excluding carboxylic acids is 1. The van der Waals surface area contributed by atoms with Crippen LogP contribution in [0.3, 0.4) is 0 Å². The molecule has 6 nitrogen and oxygen atoms in total. The van der Waals surface area contributed by atoms with Crippen molar-refractivity contribution in [1.82, 2.24) is 5.01 Å². The van der Waals surface area contributed by atoms with E-state index >= 15 is 0 Å². The number of hydrogen-bond acceptors (Lipinski definition) is 6. The Hall–Kier alpha value is -3.46. The highest BCUT2D eigenvalue weighted by molar-refractivity contribution is 5.96. The lowest BCUT2D eigenvalue weighted by atomic mass is 10.1. The summed E-state index contributed by atoms with van der Waals surface area (Å²) in [6.07, 6.45) is 7.22. The van der Waals surface area contributed by atoms with E-state index in [2.05, 4.69) is 24.9 Å². The first-order valence-corrected chi connectivity index (χ1v) is 10.2. The van der Waals surface area contributed by atoms with Crippen LogP contribution in [0.15, 0.2) is 57.9 Å². The average molecular weight is 423 g/mol. The molecule has 1 aromatic heterocycles. The average Bonchev–Trinajstić information content (AvgIpc) is 3.25. The Morgan fingerprint density at radius 2 is 1.97 bits per heavy atom. The van der Waals surface area contributed by atoms with Crippen LogP contribution in [0, 0.1) is 18.3 Å². The number of terminal acetylenes is 1. The van der Waals surface area contributed by atoms with Crippen molar-refractivity contribution in [3.63, 3.8) is 0 Å². The fourth-order valence-corrected chi connectivity index (χ4v) is 2.67. The molecule has 0 radical (unpaired) electrons. The third-order valence-corrected chi connectivity index (χ3v) is 4.67. The Morgan fingerprint density at radius 1 is 1.29 bits per heavy atom. The third kappa shape index (κ3) is 6.26. The highest BCUT2D eigenvalue weighted by Crippen LogP contribution is 2.35. The van der Waals surface area contributed by atoms with Crippen LogP contribution in [0.4, 0.5) is 0 Å². The van der Waals surface area contributed by atoms with Crippen molar-refractivity contribution < 1.29 is 18.7 Å². The van der Waals surface area contributed by atoms with E-state index in [1.165, 1.54) is 7.11 Å². The van der Waals surface area contributed by atoms with Crippen LogP contribution < -0.4 is 0 Å². The summed E-state index contributed by atoms with van der Waals surface area (Å²) in [5.41, 5.74) is 3.05. The summed E-state index contributed by atoms with van der Waals surface area (Å²) in [5.74, 6) is 3.06. The van der Waals surface area contributed by atoms with Crippen molar-refractivity contribution in [2.24, 2.45) is 11.0 Å². The Kier molecular flexibility index (Phi) is 8.95. The van der Waals surface area contributed by atoms with Crippen LogP contribution >= 0.6 is 0 Å². The Balaban J connectivity index is 0.000000785. The molecule has 3 rings (SSSR count). The highest BCUT2D eigenvalue weighted by atomic mass is 16.5. The lowest BCUT2D eigenvalue weighted by Crippen LogP contribution is -2.30. The SMILES string of the molecule is C#CCC.COC(=O)C1=C(OCc2ccccc2)c2occc2CN1/N=C(\C)C(C)C. The van der Waals surface area contributed by atoms with Gasteiger partial charge in [-0.25, -0.2) is 4.79 Å². The molecule has 31 heavy (non-hydrogen) atoms. The molecule has 0 aliphatic carbocycles. The number of hydrazone groups is 1. The van der Waals surface area contributed by atoms with E-state index in [4.69, 9.17) is 20.3 Å². The van der Waals surface area contributed by atoms with Gasteiger partial charge in [0.2, 0.25) is 0 Å². The minimum absolute atomic E-state index is 0.246. The summed E-state index contributed by atoms with van der Waals surface area (Å²) in [5, 5.41) is 6.28. The lowest BCUT2D eigenvalue weighted by Gasteiger charge is -2.28. The summed E-state index contributed by atoms with van der Waals surface area (Å²) in [6, 6.07) is 11.6. The van der Waals surface area contributed by atoms with E-state index in [1.807, 2.05) is 50.2 Å². The van der Waals surface area contributed by atoms with Gasteiger partial charge in [0, 0.05) is 17.7 Å². The number of nitrogens with zero attached hydrogens (tertiary/aromatic N) is 2. The Labute approximate surface area is 184 Å². The number of ether oxygens (including phenoxy) is 2. The van der Waals surface area contributed by atoms with Gasteiger partial charge in [-0.05, 0) is 24.5 Å². The standard InChI is InChI=1S/C21H24N2O4.C4H6/c1-14(2)15(3)22-23-12-17-10-11-26-19(17)20(18(23)21(24)25-4)27-13-16-8-6-5-7-9-16;1-3-4-2/h5-11,14H,12-13H2,1-4H3;1H,4H2,2H3/b22-15+;. The van der Waals surface area contributed by atoms with Gasteiger partial charge in [0.25, 0.3) is 0 Å². The monoisotopic (exact) mass is 422 g/mol. The van der Waals surface area contributed by atoms with Crippen LogP contribution in [-0.4, -0.2) is 23.8 Å². The van der Waals surface area contributed by atoms with Crippen molar-refractivity contribution in [3.8, 4) is 12.3 Å². The van der Waals surface area contributed by atoms with Crippen LogP contribution in [0.25, 0.3) is 5.76 Å². The van der Waals surface area contributed by atoms with Crippen LogP contribution in [-0.2, 0) is 27.4 Å². The van der Waals surface area contributed by atoms with E-state index in [9.17, 15) is 4.79 Å². The molecule has 2 heterocycles. The summed E-state index contributed by atoms with van der Waals surface area (Å²) in [4.78, 5) is 12.6. The number of furan rings is 1. The zero-order valence-corrected chi connectivity index (χ0v) is 18.8. The van der Waals surface area contributed by atoms with Gasteiger partial charge in [0.1, 0.15) is 6.61 Å². The predicted octanol–water partition coefficient (Wildman–Crippen LogP) is 5.22. The van der Waals surface area contributed by atoms with Gasteiger partial charge in [-0.3, -0.25) is 5.01 Å². The van der Waals surface area contributed by atoms with Crippen molar-refractivity contribution in [2.75, 3.05) is 7.11 Å². The van der Waals surface area contributed by atoms with Gasteiger partial charge in [-0.15, -0.1) is 12.3 Å². The van der Waals surface area contributed by atoms with E-state index in [0.29, 0.717) is 24.7 Å². The smallest absolute Gasteiger partial charge is 0.360 e. The molecular weight excluding hydrogens is 392 g/mol.